The van der Waals surface area contributed by atoms with E-state index in [1.54, 1.807) is 27.7 Å². The van der Waals surface area contributed by atoms with Crippen molar-refractivity contribution in [2.75, 3.05) is 0 Å². The van der Waals surface area contributed by atoms with Gasteiger partial charge in [-0.15, -0.1) is 0 Å². The highest BCUT2D eigenvalue weighted by Crippen LogP contribution is 2.56. The molecule has 0 amide bonds. The molecule has 0 atom stereocenters. The van der Waals surface area contributed by atoms with Crippen LogP contribution in [-0.4, -0.2) is 12.4 Å². The normalized spacial score (nSPS) is 9.95. The highest BCUT2D eigenvalue weighted by atomic mass is 35.5. The molecule has 0 aliphatic heterocycles. The lowest BCUT2D eigenvalue weighted by Gasteiger charge is -2.38. The molecule has 0 N–H and O–H groups in total. The van der Waals surface area contributed by atoms with E-state index in [0.29, 0.717) is 31.2 Å². The number of aryl methyl sites for hydroxylation is 12. The monoisotopic (exact) mass is 1790 g/mol. The summed E-state index contributed by atoms with van der Waals surface area (Å²) in [5, 5.41) is 1.90. The van der Waals surface area contributed by atoms with Crippen LogP contribution in [0, 0.1) is 134 Å². The van der Waals surface area contributed by atoms with Gasteiger partial charge in [0.2, 0.25) is 5.41 Å². The van der Waals surface area contributed by atoms with E-state index < -0.39 is 63.3 Å². The average molecular weight is 1790 g/mol. The van der Waals surface area contributed by atoms with Crippen LogP contribution in [0.25, 0.3) is 0 Å². The van der Waals surface area contributed by atoms with Gasteiger partial charge >= 0.3 is 12.4 Å². The van der Waals surface area contributed by atoms with E-state index in [-0.39, 0.29) is 10.8 Å². The van der Waals surface area contributed by atoms with Gasteiger partial charge in [-0.1, -0.05) is 473 Å². The summed E-state index contributed by atoms with van der Waals surface area (Å²) in [5.41, 5.74) is 14.6. The van der Waals surface area contributed by atoms with Crippen LogP contribution >= 0.6 is 46.4 Å². The zero-order valence-electron chi connectivity index (χ0n) is 81.6. The van der Waals surface area contributed by atoms with Gasteiger partial charge in [0.05, 0.1) is 20.1 Å². The molecule has 0 heterocycles. The third kappa shape index (κ3) is 41.7. The summed E-state index contributed by atoms with van der Waals surface area (Å²) in [5.74, 6) is -5.31. The molecule has 0 aliphatic carbocycles. The summed E-state index contributed by atoms with van der Waals surface area (Å²) in [4.78, 5) is 0. The van der Waals surface area contributed by atoms with E-state index in [9.17, 15) is 43.9 Å². The van der Waals surface area contributed by atoms with Crippen molar-refractivity contribution in [1.82, 2.24) is 0 Å². The summed E-state index contributed by atoms with van der Waals surface area (Å²) in [6.07, 6.45) is -11.1. The number of benzene rings is 11. The zero-order chi connectivity index (χ0) is 97.3. The smallest absolute Gasteiger partial charge is 0.203 e. The molecule has 0 spiro atoms. The molecule has 0 aromatic heterocycles. The van der Waals surface area contributed by atoms with Crippen LogP contribution in [0.3, 0.4) is 0 Å². The number of halogens is 14. The molecule has 0 bridgehead atoms. The van der Waals surface area contributed by atoms with E-state index in [1.165, 1.54) is 102 Å². The van der Waals surface area contributed by atoms with Crippen LogP contribution in [0.4, 0.5) is 43.9 Å². The number of rotatable bonds is 6. The number of hydrogen-bond acceptors (Lipinski definition) is 0. The summed E-state index contributed by atoms with van der Waals surface area (Å²) >= 11 is 23.5. The first kappa shape index (κ1) is 126. The molecule has 0 saturated heterocycles. The number of alkyl halides is 6. The summed E-state index contributed by atoms with van der Waals surface area (Å²) in [7, 11) is 0. The van der Waals surface area contributed by atoms with Gasteiger partial charge in [0.1, 0.15) is 0 Å². The molecule has 684 valence electrons. The summed E-state index contributed by atoms with van der Waals surface area (Å²) in [6, 6.07) is 69.1. The Kier molecular flexibility index (Phi) is 67.8. The molecular weight excluding hydrogens is 1640 g/mol. The van der Waals surface area contributed by atoms with Crippen LogP contribution in [0.5, 0.6) is 0 Å². The molecule has 0 fully saturated rings. The number of hydrogen-bond donors (Lipinski definition) is 0. The zero-order valence-corrected chi connectivity index (χ0v) is 84.6. The Morgan fingerprint density at radius 2 is 0.374 bits per heavy atom. The maximum atomic E-state index is 13.7. The van der Waals surface area contributed by atoms with Crippen molar-refractivity contribution in [3.63, 3.8) is 0 Å². The second-order valence-electron chi connectivity index (χ2n) is 27.6. The predicted molar refractivity (Wildman–Crippen MR) is 526 cm³/mol. The van der Waals surface area contributed by atoms with Crippen LogP contribution in [0.1, 0.15) is 275 Å². The third-order valence-corrected chi connectivity index (χ3v) is 20.2. The second kappa shape index (κ2) is 66.4. The van der Waals surface area contributed by atoms with E-state index in [0.717, 1.165) is 49.2 Å². The molecule has 0 saturated carbocycles. The Balaban J connectivity index is -0.000000316. The van der Waals surface area contributed by atoms with E-state index in [2.05, 4.69) is 267 Å². The molecule has 123 heavy (non-hydrogen) atoms. The van der Waals surface area contributed by atoms with Gasteiger partial charge in [-0.2, -0.15) is 26.3 Å². The van der Waals surface area contributed by atoms with Crippen molar-refractivity contribution in [3.05, 3.63) is 384 Å². The first-order chi connectivity index (χ1) is 57.8. The van der Waals surface area contributed by atoms with Crippen LogP contribution < -0.4 is 0 Å². The van der Waals surface area contributed by atoms with Crippen molar-refractivity contribution >= 4 is 46.4 Å². The quantitative estimate of drug-likeness (QED) is 0.115. The lowest BCUT2D eigenvalue weighted by molar-refractivity contribution is -0.288. The molecule has 11 aromatic rings. The average Bonchev–Trinajstić information content (AvgIpc) is 0.716. The molecule has 0 unspecified atom stereocenters. The van der Waals surface area contributed by atoms with Gasteiger partial charge in [-0.3, -0.25) is 0 Å². The third-order valence-electron chi connectivity index (χ3n) is 18.1. The molecule has 0 radical (unpaired) electrons. The largest absolute Gasteiger partial charge is 0.411 e. The first-order valence-corrected chi connectivity index (χ1v) is 44.6. The highest BCUT2D eigenvalue weighted by molar-refractivity contribution is 6.48. The molecule has 14 heteroatoms. The van der Waals surface area contributed by atoms with Crippen LogP contribution in [0.2, 0.25) is 20.1 Å². The van der Waals surface area contributed by atoms with Crippen molar-refractivity contribution in [2.24, 2.45) is 0 Å². The Morgan fingerprint density at radius 3 is 0.553 bits per heavy atom. The lowest BCUT2D eigenvalue weighted by atomic mass is 9.72. The van der Waals surface area contributed by atoms with Gasteiger partial charge in [-0.05, 0) is 166 Å². The Morgan fingerprint density at radius 1 is 0.195 bits per heavy atom. The van der Waals surface area contributed by atoms with Crippen molar-refractivity contribution in [2.45, 2.75) is 292 Å². The molecule has 11 rings (SSSR count). The summed E-state index contributed by atoms with van der Waals surface area (Å²) in [6.45, 7) is 75.0. The van der Waals surface area contributed by atoms with E-state index in [4.69, 9.17) is 46.4 Å². The minimum atomic E-state index is -5.53. The fraction of sp³-hybridized carbons (Fsp3) is 0.394. The van der Waals surface area contributed by atoms with Gasteiger partial charge in [0, 0.05) is 22.0 Å². The van der Waals surface area contributed by atoms with Gasteiger partial charge in [-0.25, -0.2) is 17.6 Å². The minimum absolute atomic E-state index is 0.0692. The fourth-order valence-electron chi connectivity index (χ4n) is 10.7. The topological polar surface area (TPSA) is 0 Å². The maximum Gasteiger partial charge on any atom is 0.411 e. The molecular formula is C109H150Cl4F10. The Labute approximate surface area is 761 Å². The summed E-state index contributed by atoms with van der Waals surface area (Å²) < 4.78 is 133. The molecule has 0 aliphatic rings. The molecule has 0 nitrogen and oxygen atoms in total. The van der Waals surface area contributed by atoms with E-state index >= 15 is 0 Å². The minimum Gasteiger partial charge on any atom is -0.203 e. The fourth-order valence-corrected chi connectivity index (χ4v) is 11.7. The van der Waals surface area contributed by atoms with Crippen LogP contribution in [-0.2, 0) is 16.2 Å². The Hall–Kier alpha value is -8.12. The highest BCUT2D eigenvalue weighted by Gasteiger charge is 2.72. The van der Waals surface area contributed by atoms with Gasteiger partial charge in [0.15, 0.2) is 23.3 Å². The van der Waals surface area contributed by atoms with Gasteiger partial charge < -0.3 is 0 Å². The van der Waals surface area contributed by atoms with Gasteiger partial charge in [0.25, 0.3) is 0 Å². The van der Waals surface area contributed by atoms with E-state index in [1.807, 2.05) is 125 Å². The van der Waals surface area contributed by atoms with Crippen molar-refractivity contribution in [3.8, 4) is 0 Å². The maximum absolute atomic E-state index is 13.7. The Bertz CT molecular complexity index is 4110. The van der Waals surface area contributed by atoms with Crippen molar-refractivity contribution in [1.29, 1.82) is 0 Å². The SMILES string of the molecule is CC.CC.CC.CC.CC.CC.CC.CC.CC.Cc1c(Cl)c(Cl)c(C)c(Cl)c1Cl.Cc1c(F)c(F)c(C)c(F)c1F.Cc1ccc(C(C)(C)c2ccc(C)cc2)cc1.Cc1ccc(C(C)(C)c2cccc(C)c2)cc1.Cc1ccc(C(c2ccc(C)cc2)(C(F)(F)F)C(F)(F)F)cc1.Cc1ccc(C)cc1.Cc1cccc(C)c1.Cc1ccccc1C. The van der Waals surface area contributed by atoms with Crippen LogP contribution in [0.15, 0.2) is 218 Å². The molecule has 11 aromatic carbocycles. The first-order valence-electron chi connectivity index (χ1n) is 43.0. The standard InChI is InChI=1S/C17H14F6.2C17H20.C8H6Cl4.C8H6F4.3C8H10.9C2H6/c1-11-3-7-13(8-4-11)15(16(18,19)20,17(21,22)23)14-9-5-12(2)6-10-14;1-13-5-9-15(10-6-13)17(3,4)16-11-7-14(2)8-12-16;1-13-8-10-15(11-9-13)17(3,4)16-7-5-6-14(2)12-16;2*1-3-5(9)7(11)4(2)8(12)6(3)10;1-7-3-5-8(2)6-4-7;1-7-4-3-5-8(2)6-7;1-7-5-3-4-6-8(7)2;9*1-2/h3-10H,1-2H3;2*5-12H,1-4H3;2*1-2H3;3*3-6H,1-2H3;9*1-2H3. The lowest BCUT2D eigenvalue weighted by Crippen LogP contribution is -2.54. The van der Waals surface area contributed by atoms with Crippen molar-refractivity contribution < 1.29 is 43.9 Å². The second-order valence-corrected chi connectivity index (χ2v) is 29.1. The predicted octanol–water partition coefficient (Wildman–Crippen LogP) is 38.9.